The minimum absolute atomic E-state index is 0.487. The predicted octanol–water partition coefficient (Wildman–Crippen LogP) is 2.38. The molecule has 17 heavy (non-hydrogen) atoms. The predicted molar refractivity (Wildman–Crippen MR) is 65.2 cm³/mol. The van der Waals surface area contributed by atoms with Gasteiger partial charge in [-0.1, -0.05) is 24.3 Å². The van der Waals surface area contributed by atoms with Crippen LogP contribution in [0.3, 0.4) is 0 Å². The van der Waals surface area contributed by atoms with Gasteiger partial charge in [-0.2, -0.15) is 0 Å². The number of hydrogen-bond donors (Lipinski definition) is 1. The highest BCUT2D eigenvalue weighted by atomic mass is 16.5. The maximum atomic E-state index is 11.7. The summed E-state index contributed by atoms with van der Waals surface area (Å²) in [5.74, 6) is -0.721. The average Bonchev–Trinajstić information content (AvgIpc) is 2.36. The molecule has 1 aromatic carbocycles. The van der Waals surface area contributed by atoms with Crippen LogP contribution in [-0.2, 0) is 21.4 Å². The van der Waals surface area contributed by atoms with Crippen LogP contribution in [0.2, 0.25) is 0 Å². The molecule has 0 saturated heterocycles. The lowest BCUT2D eigenvalue weighted by Gasteiger charge is -2.35. The van der Waals surface area contributed by atoms with Crippen LogP contribution in [-0.4, -0.2) is 24.8 Å². The molecule has 0 aliphatic heterocycles. The van der Waals surface area contributed by atoms with Gasteiger partial charge in [0.2, 0.25) is 0 Å². The van der Waals surface area contributed by atoms with Crippen LogP contribution in [0.25, 0.3) is 0 Å². The molecule has 2 rings (SSSR count). The average molecular weight is 234 g/mol. The van der Waals surface area contributed by atoms with Crippen LogP contribution in [0.4, 0.5) is 0 Å². The number of fused-ring (bicyclic) bond motifs is 1. The van der Waals surface area contributed by atoms with Crippen molar-refractivity contribution in [2.75, 3.05) is 13.7 Å². The SMILES string of the molecule is COCCC1(C(=O)O)CCCc2ccccc21. The molecule has 0 heterocycles. The monoisotopic (exact) mass is 234 g/mol. The van der Waals surface area contributed by atoms with Crippen molar-refractivity contribution in [3.8, 4) is 0 Å². The van der Waals surface area contributed by atoms with Crippen molar-refractivity contribution in [3.05, 3.63) is 35.4 Å². The minimum atomic E-state index is -0.745. The summed E-state index contributed by atoms with van der Waals surface area (Å²) in [4.78, 5) is 11.7. The molecule has 92 valence electrons. The number of carbonyl (C=O) groups is 1. The summed E-state index contributed by atoms with van der Waals surface area (Å²) in [5, 5.41) is 9.61. The second-order valence-corrected chi connectivity index (χ2v) is 4.64. The van der Waals surface area contributed by atoms with Crippen LogP contribution >= 0.6 is 0 Å². The Morgan fingerprint density at radius 1 is 1.47 bits per heavy atom. The van der Waals surface area contributed by atoms with Gasteiger partial charge in [0.25, 0.3) is 0 Å². The van der Waals surface area contributed by atoms with Gasteiger partial charge in [0.1, 0.15) is 0 Å². The molecule has 3 nitrogen and oxygen atoms in total. The second kappa shape index (κ2) is 4.88. The zero-order valence-electron chi connectivity index (χ0n) is 10.1. The third-order valence-electron chi connectivity index (χ3n) is 3.72. The van der Waals surface area contributed by atoms with E-state index in [4.69, 9.17) is 4.74 Å². The summed E-state index contributed by atoms with van der Waals surface area (Å²) in [6.45, 7) is 0.487. The van der Waals surface area contributed by atoms with Crippen LogP contribution < -0.4 is 0 Å². The molecule has 0 bridgehead atoms. The van der Waals surface area contributed by atoms with Gasteiger partial charge in [-0.25, -0.2) is 0 Å². The molecule has 1 N–H and O–H groups in total. The molecule has 3 heteroatoms. The van der Waals surface area contributed by atoms with E-state index in [1.54, 1.807) is 7.11 Å². The number of methoxy groups -OCH3 is 1. The molecule has 0 aromatic heterocycles. The molecule has 1 atom stereocenters. The van der Waals surface area contributed by atoms with Gasteiger partial charge >= 0.3 is 5.97 Å². The number of rotatable bonds is 4. The van der Waals surface area contributed by atoms with Crippen LogP contribution in [0.1, 0.15) is 30.4 Å². The number of aliphatic carboxylic acids is 1. The molecule has 0 amide bonds. The fraction of sp³-hybridized carbons (Fsp3) is 0.500. The lowest BCUT2D eigenvalue weighted by atomic mass is 9.68. The Kier molecular flexibility index (Phi) is 3.48. The lowest BCUT2D eigenvalue weighted by molar-refractivity contribution is -0.145. The van der Waals surface area contributed by atoms with E-state index in [1.807, 2.05) is 24.3 Å². The third kappa shape index (κ3) is 2.07. The van der Waals surface area contributed by atoms with Crippen LogP contribution in [0, 0.1) is 0 Å². The molecule has 1 aliphatic carbocycles. The highest BCUT2D eigenvalue weighted by Gasteiger charge is 2.42. The smallest absolute Gasteiger partial charge is 0.314 e. The van der Waals surface area contributed by atoms with Crippen molar-refractivity contribution >= 4 is 5.97 Å². The van der Waals surface area contributed by atoms with Gasteiger partial charge < -0.3 is 9.84 Å². The van der Waals surface area contributed by atoms with Gasteiger partial charge in [0.05, 0.1) is 5.41 Å². The van der Waals surface area contributed by atoms with Crippen molar-refractivity contribution in [3.63, 3.8) is 0 Å². The van der Waals surface area contributed by atoms with Gasteiger partial charge in [0, 0.05) is 13.7 Å². The normalized spacial score (nSPS) is 23.1. The standard InChI is InChI=1S/C14H18O3/c1-17-10-9-14(13(15)16)8-4-6-11-5-2-3-7-12(11)14/h2-3,5,7H,4,6,8-10H2,1H3,(H,15,16). The Morgan fingerprint density at radius 2 is 2.24 bits per heavy atom. The molecule has 1 aliphatic rings. The Bertz CT molecular complexity index is 414. The lowest BCUT2D eigenvalue weighted by Crippen LogP contribution is -2.40. The summed E-state index contributed by atoms with van der Waals surface area (Å²) in [7, 11) is 1.62. The number of carboxylic acids is 1. The van der Waals surface area contributed by atoms with E-state index < -0.39 is 11.4 Å². The largest absolute Gasteiger partial charge is 0.481 e. The molecular formula is C14H18O3. The Morgan fingerprint density at radius 3 is 2.94 bits per heavy atom. The summed E-state index contributed by atoms with van der Waals surface area (Å²) in [5.41, 5.74) is 1.42. The van der Waals surface area contributed by atoms with E-state index in [1.165, 1.54) is 5.56 Å². The van der Waals surface area contributed by atoms with Crippen molar-refractivity contribution in [2.24, 2.45) is 0 Å². The molecule has 0 saturated carbocycles. The highest BCUT2D eigenvalue weighted by molar-refractivity contribution is 5.82. The first kappa shape index (κ1) is 12.1. The zero-order chi connectivity index (χ0) is 12.3. The minimum Gasteiger partial charge on any atom is -0.481 e. The van der Waals surface area contributed by atoms with E-state index in [2.05, 4.69) is 0 Å². The molecular weight excluding hydrogens is 216 g/mol. The summed E-state index contributed by atoms with van der Waals surface area (Å²) >= 11 is 0. The van der Waals surface area contributed by atoms with Gasteiger partial charge in [-0.3, -0.25) is 4.79 Å². The molecule has 1 aromatic rings. The Balaban J connectivity index is 2.43. The van der Waals surface area contributed by atoms with E-state index in [0.29, 0.717) is 19.4 Å². The van der Waals surface area contributed by atoms with Crippen LogP contribution in [0.5, 0.6) is 0 Å². The molecule has 1 unspecified atom stereocenters. The summed E-state index contributed by atoms with van der Waals surface area (Å²) in [6, 6.07) is 7.90. The summed E-state index contributed by atoms with van der Waals surface area (Å²) < 4.78 is 5.07. The highest BCUT2D eigenvalue weighted by Crippen LogP contribution is 2.40. The van der Waals surface area contributed by atoms with Gasteiger partial charge in [-0.05, 0) is 36.8 Å². The molecule has 0 spiro atoms. The maximum Gasteiger partial charge on any atom is 0.314 e. The number of ether oxygens (including phenoxy) is 1. The number of benzene rings is 1. The van der Waals surface area contributed by atoms with E-state index in [9.17, 15) is 9.90 Å². The fourth-order valence-electron chi connectivity index (χ4n) is 2.79. The quantitative estimate of drug-likeness (QED) is 0.870. The van der Waals surface area contributed by atoms with Crippen molar-refractivity contribution < 1.29 is 14.6 Å². The van der Waals surface area contributed by atoms with E-state index >= 15 is 0 Å². The maximum absolute atomic E-state index is 11.7. The van der Waals surface area contributed by atoms with E-state index in [-0.39, 0.29) is 0 Å². The second-order valence-electron chi connectivity index (χ2n) is 4.64. The Labute approximate surface area is 101 Å². The van der Waals surface area contributed by atoms with Crippen molar-refractivity contribution in [1.29, 1.82) is 0 Å². The van der Waals surface area contributed by atoms with E-state index in [0.717, 1.165) is 18.4 Å². The number of aryl methyl sites for hydroxylation is 1. The fourth-order valence-corrected chi connectivity index (χ4v) is 2.79. The Hall–Kier alpha value is -1.35. The first-order valence-corrected chi connectivity index (χ1v) is 6.01. The zero-order valence-corrected chi connectivity index (χ0v) is 10.1. The van der Waals surface area contributed by atoms with Crippen LogP contribution in [0.15, 0.2) is 24.3 Å². The summed E-state index contributed by atoms with van der Waals surface area (Å²) in [6.07, 6.45) is 3.18. The number of carboxylic acid groups (broad SMARTS) is 1. The molecule has 0 radical (unpaired) electrons. The van der Waals surface area contributed by atoms with Crippen molar-refractivity contribution in [2.45, 2.75) is 31.1 Å². The first-order chi connectivity index (χ1) is 8.20. The van der Waals surface area contributed by atoms with Gasteiger partial charge in [-0.15, -0.1) is 0 Å². The first-order valence-electron chi connectivity index (χ1n) is 6.01. The van der Waals surface area contributed by atoms with Gasteiger partial charge in [0.15, 0.2) is 0 Å². The van der Waals surface area contributed by atoms with Crippen molar-refractivity contribution in [1.82, 2.24) is 0 Å². The molecule has 0 fully saturated rings. The number of hydrogen-bond acceptors (Lipinski definition) is 2. The third-order valence-corrected chi connectivity index (χ3v) is 3.72. The topological polar surface area (TPSA) is 46.5 Å².